The number of hydrogen-bond acceptors (Lipinski definition) is 4. The first kappa shape index (κ1) is 16.2. The van der Waals surface area contributed by atoms with Gasteiger partial charge in [0.1, 0.15) is 0 Å². The van der Waals surface area contributed by atoms with E-state index in [9.17, 15) is 4.79 Å². The van der Waals surface area contributed by atoms with Crippen LogP contribution >= 0.6 is 0 Å². The summed E-state index contributed by atoms with van der Waals surface area (Å²) in [7, 11) is 1.41. The van der Waals surface area contributed by atoms with Crippen molar-refractivity contribution in [2.24, 2.45) is 0 Å². The molecule has 1 atom stereocenters. The molecule has 1 rings (SSSR count). The van der Waals surface area contributed by atoms with E-state index in [1.54, 1.807) is 0 Å². The van der Waals surface area contributed by atoms with Gasteiger partial charge in [-0.2, -0.15) is 5.26 Å². The lowest BCUT2D eigenvalue weighted by molar-refractivity contribution is -0.143. The summed E-state index contributed by atoms with van der Waals surface area (Å²) in [5.41, 5.74) is 0.946. The SMILES string of the molecule is COC(=O)C(CN(CCC#N)C(C)C)c1ccccc1. The molecule has 0 spiro atoms. The lowest BCUT2D eigenvalue weighted by Gasteiger charge is -2.29. The normalized spacial score (nSPS) is 12.2. The molecule has 0 aromatic heterocycles. The molecule has 0 saturated carbocycles. The molecule has 0 radical (unpaired) electrons. The molecule has 1 aromatic carbocycles. The van der Waals surface area contributed by atoms with Gasteiger partial charge in [-0.25, -0.2) is 0 Å². The quantitative estimate of drug-likeness (QED) is 0.717. The minimum Gasteiger partial charge on any atom is -0.469 e. The first-order valence-corrected chi connectivity index (χ1v) is 6.84. The number of ether oxygens (including phenoxy) is 1. The van der Waals surface area contributed by atoms with E-state index in [1.165, 1.54) is 7.11 Å². The van der Waals surface area contributed by atoms with E-state index >= 15 is 0 Å². The minimum absolute atomic E-state index is 0.237. The third kappa shape index (κ3) is 4.67. The summed E-state index contributed by atoms with van der Waals surface area (Å²) in [5, 5.41) is 8.74. The molecule has 1 aromatic rings. The van der Waals surface area contributed by atoms with E-state index in [2.05, 4.69) is 24.8 Å². The summed E-state index contributed by atoms with van der Waals surface area (Å²) >= 11 is 0. The van der Waals surface area contributed by atoms with Crippen molar-refractivity contribution in [2.75, 3.05) is 20.2 Å². The molecule has 0 heterocycles. The fourth-order valence-corrected chi connectivity index (χ4v) is 2.13. The van der Waals surface area contributed by atoms with Crippen molar-refractivity contribution in [3.63, 3.8) is 0 Å². The smallest absolute Gasteiger partial charge is 0.314 e. The first-order chi connectivity index (χ1) is 9.60. The van der Waals surface area contributed by atoms with Gasteiger partial charge in [-0.05, 0) is 19.4 Å². The third-order valence-corrected chi connectivity index (χ3v) is 3.35. The highest BCUT2D eigenvalue weighted by molar-refractivity contribution is 5.78. The first-order valence-electron chi connectivity index (χ1n) is 6.84. The van der Waals surface area contributed by atoms with Gasteiger partial charge in [-0.1, -0.05) is 30.3 Å². The maximum atomic E-state index is 12.0. The Morgan fingerprint density at radius 2 is 2.00 bits per heavy atom. The van der Waals surface area contributed by atoms with Crippen LogP contribution in [0.3, 0.4) is 0 Å². The number of hydrogen-bond donors (Lipinski definition) is 0. The highest BCUT2D eigenvalue weighted by Crippen LogP contribution is 2.20. The molecule has 108 valence electrons. The molecule has 0 bridgehead atoms. The van der Waals surface area contributed by atoms with E-state index in [1.807, 2.05) is 30.3 Å². The molecule has 0 saturated heterocycles. The highest BCUT2D eigenvalue weighted by Gasteiger charge is 2.25. The molecule has 0 N–H and O–H groups in total. The van der Waals surface area contributed by atoms with Crippen LogP contribution in [0.4, 0.5) is 0 Å². The zero-order valence-electron chi connectivity index (χ0n) is 12.4. The van der Waals surface area contributed by atoms with Crippen LogP contribution in [0.5, 0.6) is 0 Å². The Balaban J connectivity index is 2.89. The van der Waals surface area contributed by atoms with Crippen LogP contribution in [0.15, 0.2) is 30.3 Å². The van der Waals surface area contributed by atoms with Gasteiger partial charge in [0.15, 0.2) is 0 Å². The fraction of sp³-hybridized carbons (Fsp3) is 0.500. The predicted octanol–water partition coefficient (Wildman–Crippen LogP) is 2.57. The number of nitriles is 1. The third-order valence-electron chi connectivity index (χ3n) is 3.35. The van der Waals surface area contributed by atoms with Gasteiger partial charge in [0.05, 0.1) is 19.1 Å². The van der Waals surface area contributed by atoms with Gasteiger partial charge >= 0.3 is 5.97 Å². The van der Waals surface area contributed by atoms with Crippen LogP contribution in [0.2, 0.25) is 0 Å². The van der Waals surface area contributed by atoms with Crippen molar-refractivity contribution in [3.8, 4) is 6.07 Å². The molecular weight excluding hydrogens is 252 g/mol. The van der Waals surface area contributed by atoms with Crippen LogP contribution in [-0.2, 0) is 9.53 Å². The van der Waals surface area contributed by atoms with Crippen LogP contribution in [-0.4, -0.2) is 37.1 Å². The van der Waals surface area contributed by atoms with Crippen LogP contribution in [0.1, 0.15) is 31.7 Å². The number of benzene rings is 1. The number of methoxy groups -OCH3 is 1. The van der Waals surface area contributed by atoms with Crippen LogP contribution in [0, 0.1) is 11.3 Å². The Morgan fingerprint density at radius 3 is 2.50 bits per heavy atom. The van der Waals surface area contributed by atoms with Gasteiger partial charge in [-0.3, -0.25) is 9.69 Å². The Labute approximate surface area is 121 Å². The second-order valence-electron chi connectivity index (χ2n) is 4.98. The number of carbonyl (C=O) groups excluding carboxylic acids is 1. The number of nitrogens with zero attached hydrogens (tertiary/aromatic N) is 2. The maximum Gasteiger partial charge on any atom is 0.314 e. The van der Waals surface area contributed by atoms with Crippen molar-refractivity contribution in [1.82, 2.24) is 4.90 Å². The van der Waals surface area contributed by atoms with Gasteiger partial charge in [0.25, 0.3) is 0 Å². The second-order valence-corrected chi connectivity index (χ2v) is 4.98. The van der Waals surface area contributed by atoms with E-state index < -0.39 is 0 Å². The van der Waals surface area contributed by atoms with E-state index in [0.717, 1.165) is 5.56 Å². The predicted molar refractivity (Wildman–Crippen MR) is 78.1 cm³/mol. The number of carbonyl (C=O) groups is 1. The second kappa shape index (κ2) is 8.34. The van der Waals surface area contributed by atoms with Crippen molar-refractivity contribution in [2.45, 2.75) is 32.2 Å². The minimum atomic E-state index is -0.317. The van der Waals surface area contributed by atoms with Gasteiger partial charge in [0.2, 0.25) is 0 Å². The number of esters is 1. The van der Waals surface area contributed by atoms with E-state index in [4.69, 9.17) is 10.00 Å². The standard InChI is InChI=1S/C16H22N2O2/c1-13(2)18(11-7-10-17)12-15(16(19)20-3)14-8-5-4-6-9-14/h4-6,8-9,13,15H,7,11-12H2,1-3H3. The molecule has 0 fully saturated rings. The monoisotopic (exact) mass is 274 g/mol. The average molecular weight is 274 g/mol. The summed E-state index contributed by atoms with van der Waals surface area (Å²) in [5.74, 6) is -0.555. The summed E-state index contributed by atoms with van der Waals surface area (Å²) in [6.07, 6.45) is 0.459. The average Bonchev–Trinajstić information content (AvgIpc) is 2.47. The highest BCUT2D eigenvalue weighted by atomic mass is 16.5. The number of rotatable bonds is 7. The van der Waals surface area contributed by atoms with Crippen molar-refractivity contribution in [1.29, 1.82) is 5.26 Å². The molecule has 0 aliphatic carbocycles. The Kier molecular flexibility index (Phi) is 6.75. The van der Waals surface area contributed by atoms with Gasteiger partial charge in [-0.15, -0.1) is 0 Å². The van der Waals surface area contributed by atoms with Crippen LogP contribution < -0.4 is 0 Å². The van der Waals surface area contributed by atoms with Gasteiger partial charge in [0, 0.05) is 25.6 Å². The molecule has 4 heteroatoms. The summed E-state index contributed by atoms with van der Waals surface area (Å²) < 4.78 is 4.92. The molecule has 4 nitrogen and oxygen atoms in total. The Morgan fingerprint density at radius 1 is 1.35 bits per heavy atom. The van der Waals surface area contributed by atoms with E-state index in [-0.39, 0.29) is 17.9 Å². The van der Waals surface area contributed by atoms with E-state index in [0.29, 0.717) is 19.5 Å². The molecule has 0 amide bonds. The fourth-order valence-electron chi connectivity index (χ4n) is 2.13. The topological polar surface area (TPSA) is 53.3 Å². The summed E-state index contributed by atoms with van der Waals surface area (Å²) in [6.45, 7) is 5.36. The lowest BCUT2D eigenvalue weighted by atomic mass is 9.98. The summed E-state index contributed by atoms with van der Waals surface area (Å²) in [4.78, 5) is 14.2. The zero-order valence-corrected chi connectivity index (χ0v) is 12.4. The van der Waals surface area contributed by atoms with Crippen LogP contribution in [0.25, 0.3) is 0 Å². The Bertz CT molecular complexity index is 451. The van der Waals surface area contributed by atoms with Gasteiger partial charge < -0.3 is 4.74 Å². The lowest BCUT2D eigenvalue weighted by Crippen LogP contribution is -2.37. The maximum absolute atomic E-state index is 12.0. The van der Waals surface area contributed by atoms with Crippen molar-refractivity contribution >= 4 is 5.97 Å². The molecular formula is C16H22N2O2. The van der Waals surface area contributed by atoms with Crippen molar-refractivity contribution in [3.05, 3.63) is 35.9 Å². The molecule has 1 unspecified atom stereocenters. The largest absolute Gasteiger partial charge is 0.469 e. The molecule has 0 aliphatic heterocycles. The zero-order chi connectivity index (χ0) is 15.0. The summed E-state index contributed by atoms with van der Waals surface area (Å²) in [6, 6.07) is 12.1. The van der Waals surface area contributed by atoms with Crippen molar-refractivity contribution < 1.29 is 9.53 Å². The molecule has 0 aliphatic rings. The Hall–Kier alpha value is -1.86. The molecule has 20 heavy (non-hydrogen) atoms.